The summed E-state index contributed by atoms with van der Waals surface area (Å²) < 4.78 is 11.9. The van der Waals surface area contributed by atoms with Crippen LogP contribution in [0.4, 0.5) is 0 Å². The maximum Gasteiger partial charge on any atom is 0.309 e. The molecule has 3 rings (SSSR count). The number of aromatic nitrogens is 1. The van der Waals surface area contributed by atoms with Crippen LogP contribution >= 0.6 is 27.3 Å². The van der Waals surface area contributed by atoms with Gasteiger partial charge in [0.05, 0.1) is 24.3 Å². The minimum absolute atomic E-state index is 0.132. The van der Waals surface area contributed by atoms with Gasteiger partial charge in [-0.3, -0.25) is 9.59 Å². The van der Waals surface area contributed by atoms with Crippen molar-refractivity contribution in [3.05, 3.63) is 33.7 Å². The third-order valence-corrected chi connectivity index (χ3v) is 6.48. The van der Waals surface area contributed by atoms with E-state index in [0.29, 0.717) is 31.6 Å². The molecule has 30 heavy (non-hydrogen) atoms. The maximum atomic E-state index is 12.5. The van der Waals surface area contributed by atoms with Crippen molar-refractivity contribution in [3.8, 4) is 16.3 Å². The van der Waals surface area contributed by atoms with Crippen molar-refractivity contribution in [1.82, 2.24) is 9.88 Å². The predicted octanol–water partition coefficient (Wildman–Crippen LogP) is 4.91. The van der Waals surface area contributed by atoms with Crippen LogP contribution in [-0.4, -0.2) is 42.0 Å². The number of ether oxygens (including phenoxy) is 2. The number of rotatable bonds is 5. The molecule has 8 heteroatoms. The number of hydrogen-bond acceptors (Lipinski definition) is 6. The van der Waals surface area contributed by atoms with Crippen molar-refractivity contribution in [2.24, 2.45) is 11.3 Å². The molecule has 0 N–H and O–H groups in total. The fraction of sp³-hybridized carbons (Fsp3) is 0.500. The molecule has 0 unspecified atom stereocenters. The zero-order chi connectivity index (χ0) is 21.9. The van der Waals surface area contributed by atoms with E-state index in [4.69, 9.17) is 9.47 Å². The Morgan fingerprint density at radius 2 is 1.97 bits per heavy atom. The molecule has 1 aromatic heterocycles. The van der Waals surface area contributed by atoms with E-state index in [1.807, 2.05) is 49.3 Å². The van der Waals surface area contributed by atoms with E-state index in [2.05, 4.69) is 20.9 Å². The van der Waals surface area contributed by atoms with Crippen molar-refractivity contribution in [3.63, 3.8) is 0 Å². The van der Waals surface area contributed by atoms with Crippen LogP contribution in [0.5, 0.6) is 5.75 Å². The zero-order valence-corrected chi connectivity index (χ0v) is 20.1. The van der Waals surface area contributed by atoms with E-state index < -0.39 is 5.41 Å². The first kappa shape index (κ1) is 22.7. The van der Waals surface area contributed by atoms with Crippen LogP contribution in [0.25, 0.3) is 10.6 Å². The van der Waals surface area contributed by atoms with Gasteiger partial charge in [0.25, 0.3) is 0 Å². The molecule has 6 nitrogen and oxygen atoms in total. The summed E-state index contributed by atoms with van der Waals surface area (Å²) in [5.74, 6) is 0.490. The van der Waals surface area contributed by atoms with Gasteiger partial charge in [-0.25, -0.2) is 4.98 Å². The van der Waals surface area contributed by atoms with Crippen molar-refractivity contribution in [1.29, 1.82) is 0 Å². The lowest BCUT2D eigenvalue weighted by Gasteiger charge is -2.34. The largest absolute Gasteiger partial charge is 0.496 e. The number of halogens is 1. The number of nitrogens with zero attached hydrogens (tertiary/aromatic N) is 2. The topological polar surface area (TPSA) is 68.7 Å². The lowest BCUT2D eigenvalue weighted by Crippen LogP contribution is -2.45. The van der Waals surface area contributed by atoms with Gasteiger partial charge in [-0.05, 0) is 31.0 Å². The minimum Gasteiger partial charge on any atom is -0.496 e. The number of piperidine rings is 1. The average Bonchev–Trinajstić information content (AvgIpc) is 3.19. The van der Waals surface area contributed by atoms with Gasteiger partial charge >= 0.3 is 5.97 Å². The van der Waals surface area contributed by atoms with Crippen LogP contribution in [0, 0.1) is 11.3 Å². The Morgan fingerprint density at radius 1 is 1.27 bits per heavy atom. The number of carbonyl (C=O) groups is 2. The molecule has 0 bridgehead atoms. The lowest BCUT2D eigenvalue weighted by molar-refractivity contribution is -0.154. The second kappa shape index (κ2) is 9.47. The average molecular weight is 495 g/mol. The summed E-state index contributed by atoms with van der Waals surface area (Å²) in [5.41, 5.74) is 1.21. The van der Waals surface area contributed by atoms with E-state index in [-0.39, 0.29) is 24.4 Å². The Kier molecular flexibility index (Phi) is 7.18. The summed E-state index contributed by atoms with van der Waals surface area (Å²) in [7, 11) is 1.63. The van der Waals surface area contributed by atoms with Crippen LogP contribution in [0.2, 0.25) is 0 Å². The molecule has 1 aliphatic rings. The molecule has 1 aliphatic heterocycles. The standard InChI is InChI=1S/C22H27BrN2O4S/c1-22(2,3)21(27)25-9-7-14(8-10-25)20(26)29-12-16-13-30-19(24-16)17-11-15(23)5-6-18(17)28-4/h5-6,11,13-14H,7-10,12H2,1-4H3. The minimum atomic E-state index is -0.396. The Morgan fingerprint density at radius 3 is 2.60 bits per heavy atom. The monoisotopic (exact) mass is 494 g/mol. The molecule has 0 saturated carbocycles. The summed E-state index contributed by atoms with van der Waals surface area (Å²) in [6, 6.07) is 5.76. The molecule has 2 aromatic rings. The second-order valence-corrected chi connectivity index (χ2v) is 10.2. The Balaban J connectivity index is 1.54. The fourth-order valence-corrected chi connectivity index (χ4v) is 4.59. The molecule has 0 atom stereocenters. The maximum absolute atomic E-state index is 12.5. The van der Waals surface area contributed by atoms with E-state index >= 15 is 0 Å². The third-order valence-electron chi connectivity index (χ3n) is 5.06. The number of methoxy groups -OCH3 is 1. The van der Waals surface area contributed by atoms with Gasteiger partial charge in [-0.1, -0.05) is 36.7 Å². The van der Waals surface area contributed by atoms with E-state index in [1.54, 1.807) is 7.11 Å². The highest BCUT2D eigenvalue weighted by atomic mass is 79.9. The van der Waals surface area contributed by atoms with Gasteiger partial charge in [0.1, 0.15) is 17.4 Å². The van der Waals surface area contributed by atoms with Gasteiger partial charge < -0.3 is 14.4 Å². The van der Waals surface area contributed by atoms with Gasteiger partial charge in [-0.2, -0.15) is 0 Å². The van der Waals surface area contributed by atoms with E-state index in [9.17, 15) is 9.59 Å². The van der Waals surface area contributed by atoms with Crippen LogP contribution in [0.15, 0.2) is 28.1 Å². The first-order valence-corrected chi connectivity index (χ1v) is 11.6. The van der Waals surface area contributed by atoms with Gasteiger partial charge in [0, 0.05) is 28.4 Å². The second-order valence-electron chi connectivity index (χ2n) is 8.41. The summed E-state index contributed by atoms with van der Waals surface area (Å²) in [6.45, 7) is 7.09. The number of esters is 1. The van der Waals surface area contributed by atoms with Crippen molar-refractivity contribution in [2.45, 2.75) is 40.2 Å². The van der Waals surface area contributed by atoms with Crippen molar-refractivity contribution < 1.29 is 19.1 Å². The first-order chi connectivity index (χ1) is 14.2. The smallest absolute Gasteiger partial charge is 0.309 e. The third kappa shape index (κ3) is 5.40. The van der Waals surface area contributed by atoms with E-state index in [1.165, 1.54) is 11.3 Å². The van der Waals surface area contributed by atoms with Crippen LogP contribution in [0.3, 0.4) is 0 Å². The number of carbonyl (C=O) groups excluding carboxylic acids is 2. The highest BCUT2D eigenvalue weighted by Gasteiger charge is 2.33. The summed E-state index contributed by atoms with van der Waals surface area (Å²) in [5, 5.41) is 2.71. The fourth-order valence-electron chi connectivity index (χ4n) is 3.40. The zero-order valence-electron chi connectivity index (χ0n) is 17.7. The summed E-state index contributed by atoms with van der Waals surface area (Å²) in [6.07, 6.45) is 1.27. The Labute approximate surface area is 189 Å². The summed E-state index contributed by atoms with van der Waals surface area (Å²) in [4.78, 5) is 31.3. The molecule has 1 aromatic carbocycles. The van der Waals surface area contributed by atoms with Crippen LogP contribution < -0.4 is 4.74 Å². The molecule has 0 spiro atoms. The molecule has 1 amide bonds. The number of thiazole rings is 1. The highest BCUT2D eigenvalue weighted by molar-refractivity contribution is 9.10. The van der Waals surface area contributed by atoms with Gasteiger partial charge in [0.2, 0.25) is 5.91 Å². The Hall–Kier alpha value is -1.93. The number of benzene rings is 1. The van der Waals surface area contributed by atoms with E-state index in [0.717, 1.165) is 20.8 Å². The molecule has 1 saturated heterocycles. The van der Waals surface area contributed by atoms with Gasteiger partial charge in [0.15, 0.2) is 0 Å². The molecule has 162 valence electrons. The number of hydrogen-bond donors (Lipinski definition) is 0. The number of amides is 1. The first-order valence-electron chi connectivity index (χ1n) is 9.93. The highest BCUT2D eigenvalue weighted by Crippen LogP contribution is 2.34. The van der Waals surface area contributed by atoms with Gasteiger partial charge in [-0.15, -0.1) is 11.3 Å². The predicted molar refractivity (Wildman–Crippen MR) is 120 cm³/mol. The number of likely N-dealkylation sites (tertiary alicyclic amines) is 1. The molecule has 2 heterocycles. The van der Waals surface area contributed by atoms with Crippen molar-refractivity contribution in [2.75, 3.05) is 20.2 Å². The van der Waals surface area contributed by atoms with Crippen molar-refractivity contribution >= 4 is 39.1 Å². The molecule has 1 fully saturated rings. The molecule has 0 aliphatic carbocycles. The van der Waals surface area contributed by atoms with Crippen LogP contribution in [-0.2, 0) is 20.9 Å². The molecule has 0 radical (unpaired) electrons. The Bertz CT molecular complexity index is 914. The summed E-state index contributed by atoms with van der Waals surface area (Å²) >= 11 is 4.96. The normalized spacial score (nSPS) is 15.2. The molecular formula is C22H27BrN2O4S. The van der Waals surface area contributed by atoms with Crippen LogP contribution in [0.1, 0.15) is 39.3 Å². The lowest BCUT2D eigenvalue weighted by atomic mass is 9.91. The molecular weight excluding hydrogens is 468 g/mol. The quantitative estimate of drug-likeness (QED) is 0.552. The SMILES string of the molecule is COc1ccc(Br)cc1-c1nc(COC(=O)C2CCN(C(=O)C(C)(C)C)CC2)cs1.